The van der Waals surface area contributed by atoms with Crippen LogP contribution >= 0.6 is 11.3 Å². The largest absolute Gasteiger partial charge is 0.455 e. The average molecular weight is 568 g/mol. The second kappa shape index (κ2) is 9.59. The van der Waals surface area contributed by atoms with Gasteiger partial charge in [-0.15, -0.1) is 11.3 Å². The average Bonchev–Trinajstić information content (AvgIpc) is 3.65. The number of thiophene rings is 1. The summed E-state index contributed by atoms with van der Waals surface area (Å²) in [5.41, 5.74) is 7.63. The maximum atomic E-state index is 6.47. The zero-order valence-electron chi connectivity index (χ0n) is 23.2. The summed E-state index contributed by atoms with van der Waals surface area (Å²) in [6, 6.07) is 54.2. The Morgan fingerprint density at radius 3 is 2.07 bits per heavy atom. The Hall–Kier alpha value is -5.38. The van der Waals surface area contributed by atoms with Crippen LogP contribution in [-0.2, 0) is 0 Å². The molecule has 0 radical (unpaired) electrons. The van der Waals surface area contributed by atoms with E-state index >= 15 is 0 Å². The van der Waals surface area contributed by atoms with Crippen molar-refractivity contribution in [2.24, 2.45) is 0 Å². The molecule has 2 nitrogen and oxygen atoms in total. The summed E-state index contributed by atoms with van der Waals surface area (Å²) in [6.07, 6.45) is 0. The van der Waals surface area contributed by atoms with Crippen molar-refractivity contribution < 1.29 is 4.42 Å². The monoisotopic (exact) mass is 567 g/mol. The third-order valence-electron chi connectivity index (χ3n) is 8.46. The highest BCUT2D eigenvalue weighted by atomic mass is 32.1. The maximum Gasteiger partial charge on any atom is 0.143 e. The SMILES string of the molecule is c1ccc(N(c2ccc(-c3cccc4oc5c6ccccc6ccc5c34)cc2)c2cccc3sc4ccccc4c23)cc1. The van der Waals surface area contributed by atoms with Crippen LogP contribution in [0, 0.1) is 0 Å². The fraction of sp³-hybridized carbons (Fsp3) is 0. The minimum atomic E-state index is 0.912. The van der Waals surface area contributed by atoms with Crippen molar-refractivity contribution in [2.75, 3.05) is 4.90 Å². The highest BCUT2D eigenvalue weighted by molar-refractivity contribution is 7.26. The van der Waals surface area contributed by atoms with Gasteiger partial charge < -0.3 is 9.32 Å². The summed E-state index contributed by atoms with van der Waals surface area (Å²) < 4.78 is 9.07. The van der Waals surface area contributed by atoms with E-state index in [9.17, 15) is 0 Å². The van der Waals surface area contributed by atoms with Crippen LogP contribution in [0.3, 0.4) is 0 Å². The fourth-order valence-corrected chi connectivity index (χ4v) is 7.66. The zero-order valence-corrected chi connectivity index (χ0v) is 24.0. The van der Waals surface area contributed by atoms with Gasteiger partial charge in [-0.1, -0.05) is 97.1 Å². The third-order valence-corrected chi connectivity index (χ3v) is 9.60. The number of furan rings is 1. The van der Waals surface area contributed by atoms with Gasteiger partial charge in [0.05, 0.1) is 5.69 Å². The van der Waals surface area contributed by atoms with Gasteiger partial charge in [-0.05, 0) is 71.1 Å². The number of rotatable bonds is 4. The molecule has 0 N–H and O–H groups in total. The van der Waals surface area contributed by atoms with Crippen molar-refractivity contribution in [3.05, 3.63) is 152 Å². The molecule has 2 heterocycles. The van der Waals surface area contributed by atoms with E-state index in [0.29, 0.717) is 0 Å². The molecule has 0 aliphatic carbocycles. The summed E-state index contributed by atoms with van der Waals surface area (Å²) in [6.45, 7) is 0. The molecule has 9 aromatic rings. The molecule has 0 saturated heterocycles. The van der Waals surface area contributed by atoms with Crippen LogP contribution in [0.5, 0.6) is 0 Å². The first kappa shape index (κ1) is 24.2. The molecule has 0 spiro atoms. The lowest BCUT2D eigenvalue weighted by Crippen LogP contribution is -2.10. The Kier molecular flexibility index (Phi) is 5.40. The van der Waals surface area contributed by atoms with E-state index in [0.717, 1.165) is 44.3 Å². The lowest BCUT2D eigenvalue weighted by Gasteiger charge is -2.26. The summed E-state index contributed by atoms with van der Waals surface area (Å²) in [5, 5.41) is 7.22. The minimum absolute atomic E-state index is 0.912. The molecule has 7 aromatic carbocycles. The predicted octanol–water partition coefficient (Wildman–Crippen LogP) is 12.2. The van der Waals surface area contributed by atoms with Gasteiger partial charge in [0.15, 0.2) is 0 Å². The van der Waals surface area contributed by atoms with Gasteiger partial charge in [-0.3, -0.25) is 0 Å². The first-order valence-electron chi connectivity index (χ1n) is 14.5. The predicted molar refractivity (Wildman–Crippen MR) is 184 cm³/mol. The van der Waals surface area contributed by atoms with Gasteiger partial charge in [0.2, 0.25) is 0 Å². The van der Waals surface area contributed by atoms with Gasteiger partial charge in [0, 0.05) is 47.7 Å². The van der Waals surface area contributed by atoms with E-state index in [2.05, 4.69) is 157 Å². The second-order valence-corrected chi connectivity index (χ2v) is 12.0. The summed E-state index contributed by atoms with van der Waals surface area (Å²) in [7, 11) is 0. The van der Waals surface area contributed by atoms with Crippen LogP contribution in [0.4, 0.5) is 17.1 Å². The van der Waals surface area contributed by atoms with Crippen LogP contribution in [0.15, 0.2) is 156 Å². The van der Waals surface area contributed by atoms with E-state index in [4.69, 9.17) is 4.42 Å². The summed E-state index contributed by atoms with van der Waals surface area (Å²) in [4.78, 5) is 2.38. The van der Waals surface area contributed by atoms with Crippen molar-refractivity contribution in [2.45, 2.75) is 0 Å². The Balaban J connectivity index is 1.22. The number of hydrogen-bond donors (Lipinski definition) is 0. The lowest BCUT2D eigenvalue weighted by molar-refractivity contribution is 0.673. The maximum absolute atomic E-state index is 6.47. The van der Waals surface area contributed by atoms with E-state index < -0.39 is 0 Å². The number of hydrogen-bond acceptors (Lipinski definition) is 3. The number of nitrogens with zero attached hydrogens (tertiary/aromatic N) is 1. The van der Waals surface area contributed by atoms with Gasteiger partial charge in [0.25, 0.3) is 0 Å². The quantitative estimate of drug-likeness (QED) is 0.210. The molecule has 0 aliphatic rings. The van der Waals surface area contributed by atoms with Gasteiger partial charge in [-0.25, -0.2) is 0 Å². The Bertz CT molecular complexity index is 2450. The van der Waals surface area contributed by atoms with Crippen molar-refractivity contribution in [1.29, 1.82) is 0 Å². The summed E-state index contributed by atoms with van der Waals surface area (Å²) in [5.74, 6) is 0. The topological polar surface area (TPSA) is 16.4 Å². The fourth-order valence-electron chi connectivity index (χ4n) is 6.53. The van der Waals surface area contributed by atoms with E-state index in [1.165, 1.54) is 36.8 Å². The van der Waals surface area contributed by atoms with Crippen molar-refractivity contribution in [1.82, 2.24) is 0 Å². The van der Waals surface area contributed by atoms with Gasteiger partial charge >= 0.3 is 0 Å². The summed E-state index contributed by atoms with van der Waals surface area (Å²) >= 11 is 1.85. The second-order valence-electron chi connectivity index (χ2n) is 10.9. The van der Waals surface area contributed by atoms with Gasteiger partial charge in [-0.2, -0.15) is 0 Å². The first-order chi connectivity index (χ1) is 21.3. The first-order valence-corrected chi connectivity index (χ1v) is 15.3. The van der Waals surface area contributed by atoms with Crippen LogP contribution in [-0.4, -0.2) is 0 Å². The van der Waals surface area contributed by atoms with Crippen LogP contribution in [0.1, 0.15) is 0 Å². The number of anilines is 3. The Labute approximate surface area is 252 Å². The smallest absolute Gasteiger partial charge is 0.143 e. The molecule has 0 aliphatic heterocycles. The Morgan fingerprint density at radius 1 is 0.465 bits per heavy atom. The molecular weight excluding hydrogens is 543 g/mol. The Morgan fingerprint density at radius 2 is 1.19 bits per heavy atom. The van der Waals surface area contributed by atoms with Crippen molar-refractivity contribution in [3.8, 4) is 11.1 Å². The molecule has 0 bridgehead atoms. The lowest BCUT2D eigenvalue weighted by atomic mass is 9.98. The molecular formula is C40H25NOS. The molecule has 3 heteroatoms. The molecule has 2 aromatic heterocycles. The van der Waals surface area contributed by atoms with E-state index in [1.54, 1.807) is 0 Å². The number of para-hydroxylation sites is 1. The van der Waals surface area contributed by atoms with Crippen LogP contribution in [0.2, 0.25) is 0 Å². The third kappa shape index (κ3) is 3.79. The molecule has 0 fully saturated rings. The normalized spacial score (nSPS) is 11.7. The minimum Gasteiger partial charge on any atom is -0.455 e. The standard InChI is InChI=1S/C40H25NOS/c1-2-11-28(12-3-1)41(34-16-9-19-37-39(34)32-14-6-7-18-36(32)43-37)29-23-20-27(21-24-29)30-15-8-17-35-38(30)33-25-22-26-10-4-5-13-31(26)40(33)42-35/h1-25H. The molecule has 202 valence electrons. The van der Waals surface area contributed by atoms with E-state index in [1.807, 2.05) is 11.3 Å². The van der Waals surface area contributed by atoms with Gasteiger partial charge in [0.1, 0.15) is 11.2 Å². The zero-order chi connectivity index (χ0) is 28.3. The van der Waals surface area contributed by atoms with Crippen molar-refractivity contribution in [3.63, 3.8) is 0 Å². The molecule has 0 amide bonds. The molecule has 9 rings (SSSR count). The molecule has 0 saturated carbocycles. The highest BCUT2D eigenvalue weighted by Gasteiger charge is 2.19. The molecule has 0 atom stereocenters. The van der Waals surface area contributed by atoms with Crippen LogP contribution in [0.25, 0.3) is 64.0 Å². The number of benzene rings is 7. The molecule has 43 heavy (non-hydrogen) atoms. The van der Waals surface area contributed by atoms with Crippen molar-refractivity contribution >= 4 is 81.3 Å². The van der Waals surface area contributed by atoms with Crippen LogP contribution < -0.4 is 4.90 Å². The number of fused-ring (bicyclic) bond motifs is 8. The molecule has 0 unspecified atom stereocenters. The highest BCUT2D eigenvalue weighted by Crippen LogP contribution is 2.45. The van der Waals surface area contributed by atoms with E-state index in [-0.39, 0.29) is 0 Å².